The number of hydrogen-bond donors (Lipinski definition) is 0. The molecule has 0 fully saturated rings. The van der Waals surface area contributed by atoms with E-state index < -0.39 is 10.7 Å². The van der Waals surface area contributed by atoms with Crippen LogP contribution in [-0.4, -0.2) is 12.6 Å². The maximum Gasteiger partial charge on any atom is 0.374 e. The quantitative estimate of drug-likeness (QED) is 0.195. The van der Waals surface area contributed by atoms with Gasteiger partial charge in [-0.1, -0.05) is 103 Å². The van der Waals surface area contributed by atoms with Gasteiger partial charge in [-0.05, 0) is 35.7 Å². The van der Waals surface area contributed by atoms with Crippen molar-refractivity contribution in [1.82, 2.24) is 0 Å². The van der Waals surface area contributed by atoms with Gasteiger partial charge >= 0.3 is 5.97 Å². The van der Waals surface area contributed by atoms with E-state index in [0.29, 0.717) is 11.7 Å². The number of thioether (sulfide) groups is 1. The third-order valence-electron chi connectivity index (χ3n) is 4.85. The molecule has 0 aliphatic rings. The zero-order chi connectivity index (χ0) is 20.8. The second-order valence-corrected chi connectivity index (χ2v) is 7.94. The Hall–Kier alpha value is -3.24. The topological polar surface area (TPSA) is 39.4 Å². The summed E-state index contributed by atoms with van der Waals surface area (Å²) in [5.74, 6) is -0.239. The number of esters is 1. The van der Waals surface area contributed by atoms with Crippen molar-refractivity contribution in [3.63, 3.8) is 0 Å². The van der Waals surface area contributed by atoms with Gasteiger partial charge in [-0.15, -0.1) is 0 Å². The molecule has 3 aromatic carbocycles. The van der Waals surface area contributed by atoms with Crippen LogP contribution in [0.5, 0.6) is 0 Å². The minimum atomic E-state index is -0.548. The summed E-state index contributed by atoms with van der Waals surface area (Å²) in [6, 6.07) is 34.6. The summed E-state index contributed by atoms with van der Waals surface area (Å²) in [5.41, 5.74) is 3.38. The maximum absolute atomic E-state index is 12.1. The van der Waals surface area contributed by atoms with Crippen LogP contribution < -0.4 is 0 Å². The van der Waals surface area contributed by atoms with Gasteiger partial charge in [-0.3, -0.25) is 0 Å². The van der Waals surface area contributed by atoms with E-state index in [1.165, 1.54) is 0 Å². The van der Waals surface area contributed by atoms with E-state index in [1.54, 1.807) is 24.8 Å². The fourth-order valence-electron chi connectivity index (χ4n) is 3.53. The Morgan fingerprint density at radius 1 is 0.767 bits per heavy atom. The molecule has 30 heavy (non-hydrogen) atoms. The van der Waals surface area contributed by atoms with Gasteiger partial charge < -0.3 is 9.15 Å². The van der Waals surface area contributed by atoms with Crippen LogP contribution in [0, 0.1) is 0 Å². The first kappa shape index (κ1) is 20.0. The van der Waals surface area contributed by atoms with Crippen molar-refractivity contribution in [3.8, 4) is 0 Å². The molecule has 0 N–H and O–H groups in total. The number of rotatable bonds is 7. The fourth-order valence-corrected chi connectivity index (χ4v) is 4.86. The highest BCUT2D eigenvalue weighted by Gasteiger charge is 2.38. The predicted octanol–water partition coefficient (Wildman–Crippen LogP) is 6.54. The van der Waals surface area contributed by atoms with Gasteiger partial charge in [0.1, 0.15) is 0 Å². The first-order valence-corrected chi connectivity index (χ1v) is 10.7. The van der Waals surface area contributed by atoms with Gasteiger partial charge in [-0.2, -0.15) is 0 Å². The summed E-state index contributed by atoms with van der Waals surface area (Å²) in [6.07, 6.45) is 0. The number of carbonyl (C=O) groups is 1. The van der Waals surface area contributed by atoms with Crippen molar-refractivity contribution in [2.45, 2.75) is 16.8 Å². The van der Waals surface area contributed by atoms with E-state index >= 15 is 0 Å². The highest BCUT2D eigenvalue weighted by molar-refractivity contribution is 8.00. The smallest absolute Gasteiger partial charge is 0.374 e. The molecule has 150 valence electrons. The number of furan rings is 1. The molecule has 0 spiro atoms. The highest BCUT2D eigenvalue weighted by Crippen LogP contribution is 2.51. The molecular formula is C26H22O3S. The molecule has 3 nitrogen and oxygen atoms in total. The number of ether oxygens (including phenoxy) is 1. The molecule has 0 saturated carbocycles. The van der Waals surface area contributed by atoms with Crippen LogP contribution in [0.3, 0.4) is 0 Å². The first-order valence-electron chi connectivity index (χ1n) is 9.86. The molecule has 0 aliphatic carbocycles. The minimum absolute atomic E-state index is 0.211. The lowest BCUT2D eigenvalue weighted by atomic mass is 9.84. The number of benzene rings is 3. The molecule has 0 saturated heterocycles. The Kier molecular flexibility index (Phi) is 6.05. The van der Waals surface area contributed by atoms with Crippen LogP contribution in [0.1, 0.15) is 34.2 Å². The molecule has 0 aliphatic heterocycles. The second kappa shape index (κ2) is 9.06. The lowest BCUT2D eigenvalue weighted by Gasteiger charge is -2.34. The summed E-state index contributed by atoms with van der Waals surface area (Å²) in [4.78, 5) is 12.1. The molecule has 0 radical (unpaired) electrons. The predicted molar refractivity (Wildman–Crippen MR) is 120 cm³/mol. The Morgan fingerprint density at radius 2 is 1.23 bits per heavy atom. The van der Waals surface area contributed by atoms with Gasteiger partial charge in [0.05, 0.1) is 11.4 Å². The molecule has 1 heterocycles. The van der Waals surface area contributed by atoms with Crippen LogP contribution in [0.2, 0.25) is 0 Å². The average molecular weight is 415 g/mol. The van der Waals surface area contributed by atoms with Crippen LogP contribution >= 0.6 is 11.8 Å². The van der Waals surface area contributed by atoms with Crippen molar-refractivity contribution in [3.05, 3.63) is 126 Å². The molecule has 4 heteroatoms. The summed E-state index contributed by atoms with van der Waals surface area (Å²) in [6.45, 7) is 2.09. The van der Waals surface area contributed by atoms with Crippen molar-refractivity contribution < 1.29 is 13.9 Å². The van der Waals surface area contributed by atoms with Crippen molar-refractivity contribution in [1.29, 1.82) is 0 Å². The SMILES string of the molecule is CCOC(=O)c1ccc(SC(c2ccccc2)(c2ccccc2)c2ccccc2)o1. The van der Waals surface area contributed by atoms with E-state index in [0.717, 1.165) is 16.7 Å². The molecule has 1 aromatic heterocycles. The molecule has 4 rings (SSSR count). The van der Waals surface area contributed by atoms with E-state index in [4.69, 9.17) is 9.15 Å². The maximum atomic E-state index is 12.1. The minimum Gasteiger partial charge on any atom is -0.460 e. The summed E-state index contributed by atoms with van der Waals surface area (Å²) in [5, 5.41) is 0.648. The Bertz CT molecular complexity index is 992. The Balaban J connectivity index is 1.88. The zero-order valence-corrected chi connectivity index (χ0v) is 17.5. The first-order chi connectivity index (χ1) is 14.7. The van der Waals surface area contributed by atoms with Crippen LogP contribution in [0.15, 0.2) is 113 Å². The van der Waals surface area contributed by atoms with Gasteiger partial charge in [0.25, 0.3) is 0 Å². The normalized spacial score (nSPS) is 11.2. The largest absolute Gasteiger partial charge is 0.460 e. The van der Waals surface area contributed by atoms with Crippen molar-refractivity contribution in [2.75, 3.05) is 6.61 Å². The van der Waals surface area contributed by atoms with E-state index in [9.17, 15) is 4.79 Å². The monoisotopic (exact) mass is 414 g/mol. The van der Waals surface area contributed by atoms with Gasteiger partial charge in [0, 0.05) is 0 Å². The van der Waals surface area contributed by atoms with Gasteiger partial charge in [-0.25, -0.2) is 4.79 Å². The van der Waals surface area contributed by atoms with Crippen LogP contribution in [-0.2, 0) is 9.48 Å². The van der Waals surface area contributed by atoms with Crippen LogP contribution in [0.4, 0.5) is 0 Å². The zero-order valence-electron chi connectivity index (χ0n) is 16.7. The van der Waals surface area contributed by atoms with Gasteiger partial charge in [0.15, 0.2) is 5.09 Å². The molecular weight excluding hydrogens is 392 g/mol. The van der Waals surface area contributed by atoms with E-state index in [2.05, 4.69) is 36.4 Å². The third kappa shape index (κ3) is 3.91. The molecule has 0 unspecified atom stereocenters. The van der Waals surface area contributed by atoms with Gasteiger partial charge in [0.2, 0.25) is 5.76 Å². The molecule has 0 atom stereocenters. The molecule has 0 amide bonds. The highest BCUT2D eigenvalue weighted by atomic mass is 32.2. The van der Waals surface area contributed by atoms with Crippen molar-refractivity contribution in [2.24, 2.45) is 0 Å². The van der Waals surface area contributed by atoms with Crippen LogP contribution in [0.25, 0.3) is 0 Å². The summed E-state index contributed by atoms with van der Waals surface area (Å²) in [7, 11) is 0. The second-order valence-electron chi connectivity index (χ2n) is 6.72. The Labute approximate surface area is 180 Å². The van der Waals surface area contributed by atoms with Crippen molar-refractivity contribution >= 4 is 17.7 Å². The lowest BCUT2D eigenvalue weighted by Crippen LogP contribution is -2.25. The van der Waals surface area contributed by atoms with E-state index in [1.807, 2.05) is 60.7 Å². The lowest BCUT2D eigenvalue weighted by molar-refractivity contribution is 0.0484. The molecule has 0 bridgehead atoms. The average Bonchev–Trinajstić information content (AvgIpc) is 3.28. The summed E-state index contributed by atoms with van der Waals surface area (Å²) < 4.78 is 10.4. The molecule has 4 aromatic rings. The summed E-state index contributed by atoms with van der Waals surface area (Å²) >= 11 is 1.58. The van der Waals surface area contributed by atoms with E-state index in [-0.39, 0.29) is 5.76 Å². The standard InChI is InChI=1S/C26H22O3S/c1-2-28-25(27)23-18-19-24(29-23)30-26(20-12-6-3-7-13-20,21-14-8-4-9-15-21)22-16-10-5-11-17-22/h3-19H,2H2,1H3. The fraction of sp³-hybridized carbons (Fsp3) is 0.115. The third-order valence-corrected chi connectivity index (χ3v) is 6.29. The number of hydrogen-bond acceptors (Lipinski definition) is 4. The Morgan fingerprint density at radius 3 is 1.67 bits per heavy atom. The number of carbonyl (C=O) groups excluding carboxylic acids is 1.